The second-order valence-corrected chi connectivity index (χ2v) is 4.93. The van der Waals surface area contributed by atoms with E-state index in [1.54, 1.807) is 13.0 Å². The Kier molecular flexibility index (Phi) is 4.64. The van der Waals surface area contributed by atoms with E-state index in [4.69, 9.17) is 16.3 Å². The van der Waals surface area contributed by atoms with E-state index in [1.165, 1.54) is 0 Å². The molecule has 104 valence electrons. The Morgan fingerprint density at radius 2 is 1.90 bits per heavy atom. The lowest BCUT2D eigenvalue weighted by atomic mass is 10.2. The molecule has 1 N–H and O–H groups in total. The number of nitrogens with one attached hydrogen (secondary N) is 1. The van der Waals surface area contributed by atoms with E-state index in [-0.39, 0.29) is 5.91 Å². The number of para-hydroxylation sites is 1. The quantitative estimate of drug-likeness (QED) is 0.922. The van der Waals surface area contributed by atoms with Gasteiger partial charge in [-0.25, -0.2) is 0 Å². The highest BCUT2D eigenvalue weighted by molar-refractivity contribution is 6.31. The van der Waals surface area contributed by atoms with Gasteiger partial charge in [-0.3, -0.25) is 4.79 Å². The predicted octanol–water partition coefficient (Wildman–Crippen LogP) is 4.05. The summed E-state index contributed by atoms with van der Waals surface area (Å²) in [6.45, 7) is 3.62. The predicted molar refractivity (Wildman–Crippen MR) is 81.4 cm³/mol. The van der Waals surface area contributed by atoms with Crippen LogP contribution in [0.5, 0.6) is 5.75 Å². The molecule has 0 aliphatic heterocycles. The van der Waals surface area contributed by atoms with Gasteiger partial charge in [0, 0.05) is 10.7 Å². The van der Waals surface area contributed by atoms with Crippen molar-refractivity contribution < 1.29 is 9.53 Å². The molecule has 1 atom stereocenters. The van der Waals surface area contributed by atoms with Crippen LogP contribution in [-0.2, 0) is 4.79 Å². The minimum absolute atomic E-state index is 0.214. The van der Waals surface area contributed by atoms with E-state index in [0.717, 1.165) is 5.56 Å². The van der Waals surface area contributed by atoms with Crippen LogP contribution >= 0.6 is 11.6 Å². The lowest BCUT2D eigenvalue weighted by Gasteiger charge is -2.15. The summed E-state index contributed by atoms with van der Waals surface area (Å²) in [5.74, 6) is 0.450. The number of ether oxygens (including phenoxy) is 1. The first kappa shape index (κ1) is 14.4. The number of aryl methyl sites for hydroxylation is 1. The minimum Gasteiger partial charge on any atom is -0.481 e. The first-order valence-corrected chi connectivity index (χ1v) is 6.73. The van der Waals surface area contributed by atoms with Crippen molar-refractivity contribution in [3.8, 4) is 5.75 Å². The molecule has 3 nitrogen and oxygen atoms in total. The first-order chi connectivity index (χ1) is 9.56. The maximum atomic E-state index is 12.0. The number of amides is 1. The smallest absolute Gasteiger partial charge is 0.265 e. The van der Waals surface area contributed by atoms with E-state index in [0.29, 0.717) is 16.5 Å². The van der Waals surface area contributed by atoms with Crippen molar-refractivity contribution in [3.63, 3.8) is 0 Å². The lowest BCUT2D eigenvalue weighted by Crippen LogP contribution is -2.30. The fourth-order valence-electron chi connectivity index (χ4n) is 1.67. The van der Waals surface area contributed by atoms with Gasteiger partial charge in [0.25, 0.3) is 5.91 Å². The van der Waals surface area contributed by atoms with Gasteiger partial charge in [-0.2, -0.15) is 0 Å². The Morgan fingerprint density at radius 1 is 1.20 bits per heavy atom. The molecule has 20 heavy (non-hydrogen) atoms. The molecule has 0 spiro atoms. The van der Waals surface area contributed by atoms with Gasteiger partial charge in [-0.05, 0) is 43.7 Å². The fourth-order valence-corrected chi connectivity index (χ4v) is 1.85. The van der Waals surface area contributed by atoms with E-state index in [9.17, 15) is 4.79 Å². The van der Waals surface area contributed by atoms with Gasteiger partial charge in [0.05, 0.1) is 0 Å². The van der Waals surface area contributed by atoms with Crippen LogP contribution in [0.3, 0.4) is 0 Å². The largest absolute Gasteiger partial charge is 0.481 e. The zero-order valence-electron chi connectivity index (χ0n) is 11.4. The molecule has 1 amide bonds. The molecule has 0 bridgehead atoms. The summed E-state index contributed by atoms with van der Waals surface area (Å²) in [6.07, 6.45) is -0.586. The molecule has 0 aromatic heterocycles. The summed E-state index contributed by atoms with van der Waals surface area (Å²) in [5, 5.41) is 3.41. The third-order valence-corrected chi connectivity index (χ3v) is 3.27. The zero-order valence-corrected chi connectivity index (χ0v) is 12.1. The second-order valence-electron chi connectivity index (χ2n) is 4.53. The number of anilines is 1. The van der Waals surface area contributed by atoms with Crippen LogP contribution in [0.4, 0.5) is 5.69 Å². The molecular formula is C16H16ClNO2. The molecule has 2 aromatic carbocycles. The summed E-state index contributed by atoms with van der Waals surface area (Å²) in [4.78, 5) is 12.0. The van der Waals surface area contributed by atoms with Gasteiger partial charge in [0.15, 0.2) is 6.10 Å². The molecule has 0 fully saturated rings. The fraction of sp³-hybridized carbons (Fsp3) is 0.188. The Hall–Kier alpha value is -2.00. The van der Waals surface area contributed by atoms with Crippen molar-refractivity contribution in [2.24, 2.45) is 0 Å². The Bertz CT molecular complexity index is 599. The molecule has 0 saturated heterocycles. The minimum atomic E-state index is -0.586. The normalized spacial score (nSPS) is 11.8. The third kappa shape index (κ3) is 3.75. The van der Waals surface area contributed by atoms with Crippen LogP contribution in [0.15, 0.2) is 48.5 Å². The van der Waals surface area contributed by atoms with E-state index in [1.807, 2.05) is 49.4 Å². The summed E-state index contributed by atoms with van der Waals surface area (Å²) < 4.78 is 5.56. The van der Waals surface area contributed by atoms with Crippen molar-refractivity contribution in [2.75, 3.05) is 5.32 Å². The van der Waals surface area contributed by atoms with Crippen LogP contribution in [0.25, 0.3) is 0 Å². The van der Waals surface area contributed by atoms with Crippen LogP contribution in [0.2, 0.25) is 5.02 Å². The number of halogens is 1. The Labute approximate surface area is 123 Å². The molecule has 0 unspecified atom stereocenters. The number of carbonyl (C=O) groups is 1. The molecule has 2 aromatic rings. The molecule has 0 radical (unpaired) electrons. The van der Waals surface area contributed by atoms with E-state index in [2.05, 4.69) is 5.32 Å². The van der Waals surface area contributed by atoms with Crippen LogP contribution in [0, 0.1) is 6.92 Å². The van der Waals surface area contributed by atoms with Crippen molar-refractivity contribution >= 4 is 23.2 Å². The second kappa shape index (κ2) is 6.44. The molecule has 2 rings (SSSR count). The van der Waals surface area contributed by atoms with Crippen molar-refractivity contribution in [2.45, 2.75) is 20.0 Å². The molecule has 0 aliphatic carbocycles. The lowest BCUT2D eigenvalue weighted by molar-refractivity contribution is -0.122. The summed E-state index contributed by atoms with van der Waals surface area (Å²) in [6, 6.07) is 14.6. The molecule has 0 aliphatic rings. The van der Waals surface area contributed by atoms with Gasteiger partial charge >= 0.3 is 0 Å². The van der Waals surface area contributed by atoms with Crippen molar-refractivity contribution in [3.05, 3.63) is 59.1 Å². The zero-order chi connectivity index (χ0) is 14.5. The number of carbonyl (C=O) groups excluding carboxylic acids is 1. The topological polar surface area (TPSA) is 38.3 Å². The SMILES string of the molecule is Cc1ccc(NC(=O)[C@H](C)Oc2ccccc2)cc1Cl. The van der Waals surface area contributed by atoms with Crippen LogP contribution < -0.4 is 10.1 Å². The molecule has 0 heterocycles. The molecular weight excluding hydrogens is 274 g/mol. The third-order valence-electron chi connectivity index (χ3n) is 2.86. The van der Waals surface area contributed by atoms with Gasteiger partial charge in [0.1, 0.15) is 5.75 Å². The maximum absolute atomic E-state index is 12.0. The number of rotatable bonds is 4. The summed E-state index contributed by atoms with van der Waals surface area (Å²) in [7, 11) is 0. The highest BCUT2D eigenvalue weighted by Crippen LogP contribution is 2.20. The molecule has 0 saturated carbocycles. The number of benzene rings is 2. The standard InChI is InChI=1S/C16H16ClNO2/c1-11-8-9-13(10-15(11)17)18-16(19)12(2)20-14-6-4-3-5-7-14/h3-10,12H,1-2H3,(H,18,19)/t12-/m0/s1. The van der Waals surface area contributed by atoms with Gasteiger partial charge in [-0.1, -0.05) is 35.9 Å². The number of hydrogen-bond donors (Lipinski definition) is 1. The maximum Gasteiger partial charge on any atom is 0.265 e. The Balaban J connectivity index is 1.99. The summed E-state index contributed by atoms with van der Waals surface area (Å²) in [5.41, 5.74) is 1.63. The first-order valence-electron chi connectivity index (χ1n) is 6.35. The highest BCUT2D eigenvalue weighted by Gasteiger charge is 2.15. The van der Waals surface area contributed by atoms with Crippen molar-refractivity contribution in [1.82, 2.24) is 0 Å². The van der Waals surface area contributed by atoms with E-state index < -0.39 is 6.10 Å². The van der Waals surface area contributed by atoms with Gasteiger partial charge in [0.2, 0.25) is 0 Å². The monoisotopic (exact) mass is 289 g/mol. The van der Waals surface area contributed by atoms with Gasteiger partial charge < -0.3 is 10.1 Å². The molecule has 4 heteroatoms. The Morgan fingerprint density at radius 3 is 2.55 bits per heavy atom. The van der Waals surface area contributed by atoms with Crippen LogP contribution in [-0.4, -0.2) is 12.0 Å². The number of hydrogen-bond acceptors (Lipinski definition) is 2. The van der Waals surface area contributed by atoms with Crippen LogP contribution in [0.1, 0.15) is 12.5 Å². The van der Waals surface area contributed by atoms with Crippen molar-refractivity contribution in [1.29, 1.82) is 0 Å². The average molecular weight is 290 g/mol. The average Bonchev–Trinajstić information content (AvgIpc) is 2.44. The van der Waals surface area contributed by atoms with E-state index >= 15 is 0 Å². The highest BCUT2D eigenvalue weighted by atomic mass is 35.5. The van der Waals surface area contributed by atoms with Gasteiger partial charge in [-0.15, -0.1) is 0 Å². The summed E-state index contributed by atoms with van der Waals surface area (Å²) >= 11 is 6.02.